The topological polar surface area (TPSA) is 102 Å². The van der Waals surface area contributed by atoms with E-state index in [-0.39, 0.29) is 32.3 Å². The lowest BCUT2D eigenvalue weighted by Crippen LogP contribution is -2.59. The predicted molar refractivity (Wildman–Crippen MR) is 169 cm³/mol. The highest BCUT2D eigenvalue weighted by molar-refractivity contribution is 7.85. The Bertz CT molecular complexity index is 1570. The monoisotopic (exact) mass is 631 g/mol. The van der Waals surface area contributed by atoms with E-state index >= 15 is 0 Å². The third-order valence-electron chi connectivity index (χ3n) is 7.00. The van der Waals surface area contributed by atoms with Gasteiger partial charge in [-0.3, -0.25) is 4.28 Å². The zero-order chi connectivity index (χ0) is 31.3. The van der Waals surface area contributed by atoms with E-state index in [1.807, 2.05) is 121 Å². The van der Waals surface area contributed by atoms with Gasteiger partial charge < -0.3 is 23.7 Å². The maximum atomic E-state index is 12.0. The Morgan fingerprint density at radius 2 is 1.02 bits per heavy atom. The fourth-order valence-electron chi connectivity index (χ4n) is 4.83. The van der Waals surface area contributed by atoms with Gasteiger partial charge in [-0.05, 0) is 27.4 Å². The van der Waals surface area contributed by atoms with E-state index in [1.54, 1.807) is 0 Å². The van der Waals surface area contributed by atoms with Gasteiger partial charge in [-0.25, -0.2) is 0 Å². The molecule has 0 amide bonds. The number of nitrogens with zero attached hydrogens (tertiary/aromatic N) is 1. The van der Waals surface area contributed by atoms with Gasteiger partial charge in [-0.15, -0.1) is 0 Å². The van der Waals surface area contributed by atoms with Gasteiger partial charge in [0.1, 0.15) is 12.2 Å². The molecule has 0 N–H and O–H groups in total. The van der Waals surface area contributed by atoms with Crippen molar-refractivity contribution in [2.45, 2.75) is 50.8 Å². The van der Waals surface area contributed by atoms with Gasteiger partial charge >= 0.3 is 10.1 Å². The van der Waals surface area contributed by atoms with E-state index in [2.05, 4.69) is 5.16 Å². The fraction of sp³-hybridized carbons (Fsp3) is 0.286. The third kappa shape index (κ3) is 10.2. The summed E-state index contributed by atoms with van der Waals surface area (Å²) in [5, 5.41) is 3.91. The molecule has 0 bridgehead atoms. The smallest absolute Gasteiger partial charge is 0.325 e. The van der Waals surface area contributed by atoms with Crippen molar-refractivity contribution in [3.63, 3.8) is 0 Å². The summed E-state index contributed by atoms with van der Waals surface area (Å²) in [6.45, 7) is 1.12. The first-order valence-electron chi connectivity index (χ1n) is 14.7. The van der Waals surface area contributed by atoms with E-state index in [4.69, 9.17) is 28.0 Å². The van der Waals surface area contributed by atoms with E-state index in [0.29, 0.717) is 6.61 Å². The van der Waals surface area contributed by atoms with E-state index in [9.17, 15) is 8.42 Å². The van der Waals surface area contributed by atoms with Crippen LogP contribution in [0.25, 0.3) is 0 Å². The first kappa shape index (κ1) is 32.3. The molecule has 10 heteroatoms. The van der Waals surface area contributed by atoms with Gasteiger partial charge in [0, 0.05) is 0 Å². The summed E-state index contributed by atoms with van der Waals surface area (Å²) >= 11 is 0. The van der Waals surface area contributed by atoms with Gasteiger partial charge in [0.15, 0.2) is 12.2 Å². The van der Waals surface area contributed by atoms with Crippen LogP contribution < -0.4 is 0 Å². The first-order valence-corrected chi connectivity index (χ1v) is 16.5. The lowest BCUT2D eigenvalue weighted by molar-refractivity contribution is -0.197. The summed E-state index contributed by atoms with van der Waals surface area (Å²) < 4.78 is 60.7. The molecular formula is C35H37NO8S. The lowest BCUT2D eigenvalue weighted by Gasteiger charge is -2.42. The van der Waals surface area contributed by atoms with E-state index in [1.165, 1.54) is 0 Å². The van der Waals surface area contributed by atoms with Crippen LogP contribution in [0.3, 0.4) is 0 Å². The molecule has 0 radical (unpaired) electrons. The van der Waals surface area contributed by atoms with Gasteiger partial charge in [0.05, 0.1) is 39.3 Å². The van der Waals surface area contributed by atoms with Crippen LogP contribution in [-0.2, 0) is 64.5 Å². The molecule has 5 rings (SSSR count). The Morgan fingerprint density at radius 1 is 0.600 bits per heavy atom. The quantitative estimate of drug-likeness (QED) is 0.155. The number of oxime groups is 1. The van der Waals surface area contributed by atoms with Crippen LogP contribution in [0.1, 0.15) is 22.3 Å². The minimum Gasteiger partial charge on any atom is -0.468 e. The predicted octanol–water partition coefficient (Wildman–Crippen LogP) is 5.65. The molecule has 0 spiro atoms. The standard InChI is InChI=1S/C35H37NO8S/c1-45(37,38)44-36-35-34(42-25-30-20-12-5-13-21-30)33(41-24-29-18-10-4-11-19-29)32(40-23-28-16-8-3-9-17-28)31(43-35)26-39-22-27-14-6-2-7-15-27/h2-21,31-34H,22-26H2,1H3/b36-35-/t31-,32-,33+,34-/m1/s1. The normalized spacial score (nSPS) is 20.9. The molecule has 45 heavy (non-hydrogen) atoms. The van der Waals surface area contributed by atoms with Gasteiger partial charge in [0.2, 0.25) is 0 Å². The molecule has 9 nitrogen and oxygen atoms in total. The maximum Gasteiger partial charge on any atom is 0.325 e. The number of hydrogen-bond donors (Lipinski definition) is 0. The lowest BCUT2D eigenvalue weighted by atomic mass is 9.98. The zero-order valence-electron chi connectivity index (χ0n) is 25.0. The van der Waals surface area contributed by atoms with Crippen LogP contribution in [0.15, 0.2) is 126 Å². The average molecular weight is 632 g/mol. The van der Waals surface area contributed by atoms with Gasteiger partial charge in [-0.2, -0.15) is 8.42 Å². The summed E-state index contributed by atoms with van der Waals surface area (Å²) in [7, 11) is -3.94. The second-order valence-electron chi connectivity index (χ2n) is 10.6. The van der Waals surface area contributed by atoms with Crippen LogP contribution in [0.4, 0.5) is 0 Å². The molecule has 0 saturated carbocycles. The fourth-order valence-corrected chi connectivity index (χ4v) is 5.04. The molecule has 0 aromatic heterocycles. The molecule has 236 valence electrons. The molecule has 4 aromatic carbocycles. The van der Waals surface area contributed by atoms with Crippen LogP contribution in [0, 0.1) is 0 Å². The van der Waals surface area contributed by atoms with E-state index < -0.39 is 34.5 Å². The molecule has 0 unspecified atom stereocenters. The van der Waals surface area contributed by atoms with Crippen molar-refractivity contribution in [3.05, 3.63) is 144 Å². The summed E-state index contributed by atoms with van der Waals surface area (Å²) in [4.78, 5) is 0. The second kappa shape index (κ2) is 16.3. The largest absolute Gasteiger partial charge is 0.468 e. The molecule has 1 fully saturated rings. The van der Waals surface area contributed by atoms with Crippen molar-refractivity contribution < 1.29 is 36.4 Å². The van der Waals surface area contributed by atoms with Crippen LogP contribution >= 0.6 is 0 Å². The van der Waals surface area contributed by atoms with Crippen LogP contribution in [0.5, 0.6) is 0 Å². The van der Waals surface area contributed by atoms with Gasteiger partial charge in [-0.1, -0.05) is 121 Å². The van der Waals surface area contributed by atoms with Crippen molar-refractivity contribution in [3.8, 4) is 0 Å². The molecule has 1 aliphatic rings. The molecular weight excluding hydrogens is 594 g/mol. The molecule has 0 aliphatic carbocycles. The minimum absolute atomic E-state index is 0.0812. The number of ether oxygens (including phenoxy) is 5. The summed E-state index contributed by atoms with van der Waals surface area (Å²) in [5.74, 6) is -0.0812. The van der Waals surface area contributed by atoms with Crippen molar-refractivity contribution in [1.82, 2.24) is 0 Å². The summed E-state index contributed by atoms with van der Waals surface area (Å²) in [6, 6.07) is 38.8. The summed E-state index contributed by atoms with van der Waals surface area (Å²) in [5.41, 5.74) is 3.79. The van der Waals surface area contributed by atoms with Crippen molar-refractivity contribution >= 4 is 16.0 Å². The Balaban J connectivity index is 1.47. The SMILES string of the molecule is CS(=O)(=O)O/N=C1\O[C@H](COCc2ccccc2)[C@@H](OCc2ccccc2)[C@H](OCc2ccccc2)[C@H]1OCc1ccccc1. The highest BCUT2D eigenvalue weighted by Gasteiger charge is 2.48. The Kier molecular flexibility index (Phi) is 11.7. The zero-order valence-corrected chi connectivity index (χ0v) is 25.8. The molecule has 1 aliphatic heterocycles. The molecule has 4 atom stereocenters. The highest BCUT2D eigenvalue weighted by atomic mass is 32.2. The van der Waals surface area contributed by atoms with Crippen molar-refractivity contribution in [2.75, 3.05) is 12.9 Å². The minimum atomic E-state index is -3.94. The van der Waals surface area contributed by atoms with Crippen molar-refractivity contribution in [1.29, 1.82) is 0 Å². The second-order valence-corrected chi connectivity index (χ2v) is 12.2. The Labute approximate surface area is 264 Å². The third-order valence-corrected chi connectivity index (χ3v) is 7.35. The van der Waals surface area contributed by atoms with Crippen LogP contribution in [-0.4, -0.2) is 51.6 Å². The number of rotatable bonds is 15. The van der Waals surface area contributed by atoms with Crippen LogP contribution in [0.2, 0.25) is 0 Å². The molecule has 1 saturated heterocycles. The van der Waals surface area contributed by atoms with E-state index in [0.717, 1.165) is 28.5 Å². The average Bonchev–Trinajstić information content (AvgIpc) is 3.06. The van der Waals surface area contributed by atoms with Gasteiger partial charge in [0.25, 0.3) is 5.90 Å². The molecule has 1 heterocycles. The van der Waals surface area contributed by atoms with Crippen molar-refractivity contribution in [2.24, 2.45) is 5.16 Å². The number of benzene rings is 4. The highest BCUT2D eigenvalue weighted by Crippen LogP contribution is 2.29. The Morgan fingerprint density at radius 3 is 1.49 bits per heavy atom. The first-order chi connectivity index (χ1) is 21.9. The maximum absolute atomic E-state index is 12.0. The summed E-state index contributed by atoms with van der Waals surface area (Å²) in [6.07, 6.45) is -2.27. The molecule has 4 aromatic rings. The number of hydrogen-bond acceptors (Lipinski definition) is 9. The Hall–Kier alpha value is -4.06.